The van der Waals surface area contributed by atoms with E-state index in [4.69, 9.17) is 4.74 Å². The van der Waals surface area contributed by atoms with Gasteiger partial charge in [0.15, 0.2) is 0 Å². The first-order valence-electron chi connectivity index (χ1n) is 8.44. The summed E-state index contributed by atoms with van der Waals surface area (Å²) in [6, 6.07) is 9.71. The van der Waals surface area contributed by atoms with E-state index in [1.807, 2.05) is 19.1 Å². The molecule has 2 aromatic rings. The first-order valence-corrected chi connectivity index (χ1v) is 9.38. The van der Waals surface area contributed by atoms with Crippen LogP contribution in [0.2, 0.25) is 0 Å². The van der Waals surface area contributed by atoms with Gasteiger partial charge in [-0.3, -0.25) is 9.69 Å². The highest BCUT2D eigenvalue weighted by molar-refractivity contribution is 7.08. The van der Waals surface area contributed by atoms with E-state index in [2.05, 4.69) is 33.9 Å². The maximum absolute atomic E-state index is 11.8. The van der Waals surface area contributed by atoms with Crippen LogP contribution < -0.4 is 4.74 Å². The zero-order chi connectivity index (χ0) is 16.9. The molecule has 2 heterocycles. The molecular formula is C19H23NO3S. The van der Waals surface area contributed by atoms with Crippen LogP contribution in [-0.4, -0.2) is 35.2 Å². The van der Waals surface area contributed by atoms with Gasteiger partial charge in [-0.2, -0.15) is 11.3 Å². The van der Waals surface area contributed by atoms with Crippen LogP contribution in [0.1, 0.15) is 43.4 Å². The molecule has 5 heteroatoms. The van der Waals surface area contributed by atoms with Crippen LogP contribution in [0.3, 0.4) is 0 Å². The number of hydrogen-bond acceptors (Lipinski definition) is 4. The fourth-order valence-corrected chi connectivity index (χ4v) is 4.13. The minimum absolute atomic E-state index is 0.0201. The highest BCUT2D eigenvalue weighted by Crippen LogP contribution is 2.35. The number of rotatable bonds is 6. The van der Waals surface area contributed by atoms with Crippen molar-refractivity contribution in [1.29, 1.82) is 0 Å². The first-order chi connectivity index (χ1) is 11.7. The normalized spacial score (nSPS) is 19.8. The van der Waals surface area contributed by atoms with Gasteiger partial charge in [0.2, 0.25) is 0 Å². The molecule has 0 bridgehead atoms. The third kappa shape index (κ3) is 3.62. The Labute approximate surface area is 146 Å². The topological polar surface area (TPSA) is 49.8 Å². The maximum Gasteiger partial charge on any atom is 0.320 e. The van der Waals surface area contributed by atoms with Gasteiger partial charge in [0.25, 0.3) is 0 Å². The molecule has 1 aromatic carbocycles. The predicted octanol–water partition coefficient (Wildman–Crippen LogP) is 4.18. The molecule has 1 aromatic heterocycles. The van der Waals surface area contributed by atoms with Crippen molar-refractivity contribution in [1.82, 2.24) is 4.90 Å². The number of hydrogen-bond donors (Lipinski definition) is 1. The molecule has 24 heavy (non-hydrogen) atoms. The van der Waals surface area contributed by atoms with Gasteiger partial charge in [0.1, 0.15) is 11.8 Å². The number of carbonyl (C=O) groups is 1. The zero-order valence-corrected chi connectivity index (χ0v) is 14.7. The Kier molecular flexibility index (Phi) is 5.53. The molecule has 0 aliphatic carbocycles. The molecule has 1 N–H and O–H groups in total. The molecule has 128 valence electrons. The summed E-state index contributed by atoms with van der Waals surface area (Å²) < 4.78 is 5.53. The number of likely N-dealkylation sites (tertiary alicyclic amines) is 1. The second-order valence-corrected chi connectivity index (χ2v) is 6.83. The van der Waals surface area contributed by atoms with Gasteiger partial charge < -0.3 is 9.84 Å². The van der Waals surface area contributed by atoms with Gasteiger partial charge in [0.05, 0.1) is 12.6 Å². The Balaban J connectivity index is 1.95. The Morgan fingerprint density at radius 2 is 2.08 bits per heavy atom. The van der Waals surface area contributed by atoms with E-state index in [1.54, 1.807) is 11.3 Å². The number of piperidine rings is 1. The number of benzene rings is 1. The van der Waals surface area contributed by atoms with E-state index in [-0.39, 0.29) is 6.04 Å². The molecule has 0 saturated carbocycles. The van der Waals surface area contributed by atoms with Gasteiger partial charge >= 0.3 is 5.97 Å². The summed E-state index contributed by atoms with van der Waals surface area (Å²) in [7, 11) is 0. The third-order valence-electron chi connectivity index (χ3n) is 4.53. The largest absolute Gasteiger partial charge is 0.494 e. The molecule has 4 nitrogen and oxygen atoms in total. The molecule has 0 radical (unpaired) electrons. The Morgan fingerprint density at radius 1 is 1.29 bits per heavy atom. The fraction of sp³-hybridized carbons (Fsp3) is 0.421. The summed E-state index contributed by atoms with van der Waals surface area (Å²) in [6.45, 7) is 3.42. The summed E-state index contributed by atoms with van der Waals surface area (Å²) in [6.07, 6.45) is 2.74. The van der Waals surface area contributed by atoms with Crippen molar-refractivity contribution >= 4 is 17.3 Å². The van der Waals surface area contributed by atoms with Crippen LogP contribution in [0.25, 0.3) is 0 Å². The fourth-order valence-electron chi connectivity index (χ4n) is 3.45. The quantitative estimate of drug-likeness (QED) is 0.853. The average Bonchev–Trinajstić information content (AvgIpc) is 3.11. The highest BCUT2D eigenvalue weighted by atomic mass is 32.1. The smallest absolute Gasteiger partial charge is 0.320 e. The summed E-state index contributed by atoms with van der Waals surface area (Å²) in [5, 5.41) is 13.8. The number of ether oxygens (including phenoxy) is 1. The van der Waals surface area contributed by atoms with Crippen LogP contribution in [0.15, 0.2) is 41.1 Å². The van der Waals surface area contributed by atoms with Crippen molar-refractivity contribution in [2.75, 3.05) is 13.2 Å². The SMILES string of the molecule is CCOc1ccc(C(c2ccsc2)N2CCCCC2C(=O)O)cc1. The van der Waals surface area contributed by atoms with E-state index >= 15 is 0 Å². The van der Waals surface area contributed by atoms with Crippen molar-refractivity contribution in [2.45, 2.75) is 38.3 Å². The van der Waals surface area contributed by atoms with E-state index in [1.165, 1.54) is 0 Å². The molecule has 1 fully saturated rings. The zero-order valence-electron chi connectivity index (χ0n) is 13.9. The Morgan fingerprint density at radius 3 is 2.71 bits per heavy atom. The molecular weight excluding hydrogens is 322 g/mol. The molecule has 1 aliphatic rings. The molecule has 3 rings (SSSR count). The van der Waals surface area contributed by atoms with Crippen LogP contribution >= 0.6 is 11.3 Å². The van der Waals surface area contributed by atoms with Crippen LogP contribution in [0.4, 0.5) is 0 Å². The molecule has 2 unspecified atom stereocenters. The number of thiophene rings is 1. The summed E-state index contributed by atoms with van der Waals surface area (Å²) in [5.41, 5.74) is 2.28. The predicted molar refractivity (Wildman–Crippen MR) is 95.8 cm³/mol. The number of aliphatic carboxylic acids is 1. The summed E-state index contributed by atoms with van der Waals surface area (Å²) in [5.74, 6) is 0.125. The molecule has 1 saturated heterocycles. The van der Waals surface area contributed by atoms with Gasteiger partial charge in [0, 0.05) is 0 Å². The third-order valence-corrected chi connectivity index (χ3v) is 5.23. The van der Waals surface area contributed by atoms with Crippen molar-refractivity contribution in [3.05, 3.63) is 52.2 Å². The van der Waals surface area contributed by atoms with E-state index in [9.17, 15) is 9.90 Å². The van der Waals surface area contributed by atoms with Gasteiger partial charge in [-0.1, -0.05) is 18.6 Å². The second kappa shape index (κ2) is 7.81. The molecule has 0 amide bonds. The van der Waals surface area contributed by atoms with Gasteiger partial charge in [-0.05, 0) is 66.4 Å². The lowest BCUT2D eigenvalue weighted by molar-refractivity contribution is -0.145. The van der Waals surface area contributed by atoms with Crippen molar-refractivity contribution < 1.29 is 14.6 Å². The Bertz CT molecular complexity index is 654. The van der Waals surface area contributed by atoms with Crippen molar-refractivity contribution in [3.8, 4) is 5.75 Å². The molecule has 2 atom stereocenters. The van der Waals surface area contributed by atoms with Gasteiger partial charge in [-0.15, -0.1) is 0 Å². The molecule has 1 aliphatic heterocycles. The van der Waals surface area contributed by atoms with Crippen molar-refractivity contribution in [2.24, 2.45) is 0 Å². The number of nitrogens with zero attached hydrogens (tertiary/aromatic N) is 1. The second-order valence-electron chi connectivity index (χ2n) is 6.05. The summed E-state index contributed by atoms with van der Waals surface area (Å²) in [4.78, 5) is 13.9. The first kappa shape index (κ1) is 17.0. The van der Waals surface area contributed by atoms with E-state index in [0.29, 0.717) is 13.0 Å². The van der Waals surface area contributed by atoms with Crippen LogP contribution in [-0.2, 0) is 4.79 Å². The monoisotopic (exact) mass is 345 g/mol. The highest BCUT2D eigenvalue weighted by Gasteiger charge is 2.35. The lowest BCUT2D eigenvalue weighted by Crippen LogP contribution is -2.46. The van der Waals surface area contributed by atoms with Gasteiger partial charge in [-0.25, -0.2) is 0 Å². The van der Waals surface area contributed by atoms with Crippen molar-refractivity contribution in [3.63, 3.8) is 0 Å². The molecule has 0 spiro atoms. The Hall–Kier alpha value is -1.85. The van der Waals surface area contributed by atoms with E-state index < -0.39 is 12.0 Å². The summed E-state index contributed by atoms with van der Waals surface area (Å²) >= 11 is 1.65. The minimum Gasteiger partial charge on any atom is -0.494 e. The average molecular weight is 345 g/mol. The van der Waals surface area contributed by atoms with E-state index in [0.717, 1.165) is 36.3 Å². The van der Waals surface area contributed by atoms with Crippen LogP contribution in [0, 0.1) is 0 Å². The maximum atomic E-state index is 11.8. The minimum atomic E-state index is -0.721. The number of carboxylic acids is 1. The van der Waals surface area contributed by atoms with Crippen LogP contribution in [0.5, 0.6) is 5.75 Å². The standard InChI is InChI=1S/C19H23NO3S/c1-2-23-16-8-6-14(7-9-16)18(15-10-12-24-13-15)20-11-4-3-5-17(20)19(21)22/h6-10,12-13,17-18H,2-5,11H2,1H3,(H,21,22). The number of carboxylic acid groups (broad SMARTS) is 1. The lowest BCUT2D eigenvalue weighted by atomic mass is 9.93. The lowest BCUT2D eigenvalue weighted by Gasteiger charge is -2.39.